The number of aliphatic carboxylic acids is 1. The molecule has 1 aromatic carbocycles. The van der Waals surface area contributed by atoms with Crippen LogP contribution in [0, 0.1) is 12.8 Å². The van der Waals surface area contributed by atoms with Crippen LogP contribution in [0.2, 0.25) is 0 Å². The summed E-state index contributed by atoms with van der Waals surface area (Å²) in [7, 11) is 0. The van der Waals surface area contributed by atoms with Crippen molar-refractivity contribution in [2.45, 2.75) is 37.6 Å². The van der Waals surface area contributed by atoms with E-state index >= 15 is 0 Å². The van der Waals surface area contributed by atoms with E-state index < -0.39 is 11.9 Å². The van der Waals surface area contributed by atoms with Gasteiger partial charge in [-0.2, -0.15) is 0 Å². The zero-order valence-corrected chi connectivity index (χ0v) is 13.2. The molecule has 0 radical (unpaired) electrons. The molecule has 21 heavy (non-hydrogen) atoms. The van der Waals surface area contributed by atoms with Crippen LogP contribution in [0.5, 0.6) is 0 Å². The summed E-state index contributed by atoms with van der Waals surface area (Å²) < 4.78 is 0. The highest BCUT2D eigenvalue weighted by Crippen LogP contribution is 2.29. The Labute approximate surface area is 129 Å². The minimum Gasteiger partial charge on any atom is -0.481 e. The molecule has 0 aliphatic heterocycles. The van der Waals surface area contributed by atoms with Crippen molar-refractivity contribution in [3.05, 3.63) is 29.8 Å². The fourth-order valence-corrected chi connectivity index (χ4v) is 3.07. The lowest BCUT2D eigenvalue weighted by Crippen LogP contribution is -2.39. The molecule has 0 spiro atoms. The number of carboxylic acid groups (broad SMARTS) is 1. The largest absolute Gasteiger partial charge is 0.481 e. The average molecular weight is 307 g/mol. The van der Waals surface area contributed by atoms with Crippen LogP contribution in [0.3, 0.4) is 0 Å². The van der Waals surface area contributed by atoms with Crippen LogP contribution in [-0.4, -0.2) is 40.2 Å². The molecule has 1 amide bonds. The van der Waals surface area contributed by atoms with Crippen LogP contribution < -0.4 is 0 Å². The van der Waals surface area contributed by atoms with Crippen molar-refractivity contribution in [1.82, 2.24) is 4.90 Å². The molecule has 0 bridgehead atoms. The molecule has 0 saturated heterocycles. The first-order valence-corrected chi connectivity index (χ1v) is 8.18. The first-order chi connectivity index (χ1) is 9.99. The predicted octanol–water partition coefficient (Wildman–Crippen LogP) is 2.80. The number of carbonyl (C=O) groups is 2. The SMILES string of the molecule is Cc1ccccc1SCC(=O)N(CC(C)C(=O)O)C1CC1. The van der Waals surface area contributed by atoms with Crippen LogP contribution in [-0.2, 0) is 9.59 Å². The molecule has 114 valence electrons. The summed E-state index contributed by atoms with van der Waals surface area (Å²) in [5.41, 5.74) is 1.16. The summed E-state index contributed by atoms with van der Waals surface area (Å²) in [5.74, 6) is -0.954. The molecule has 1 N–H and O–H groups in total. The van der Waals surface area contributed by atoms with Crippen molar-refractivity contribution in [3.63, 3.8) is 0 Å². The highest BCUT2D eigenvalue weighted by molar-refractivity contribution is 8.00. The Kier molecular flexibility index (Phi) is 5.28. The Morgan fingerprint density at radius 3 is 2.62 bits per heavy atom. The van der Waals surface area contributed by atoms with E-state index in [4.69, 9.17) is 5.11 Å². The number of nitrogens with zero attached hydrogens (tertiary/aromatic N) is 1. The molecule has 1 unspecified atom stereocenters. The molecule has 1 aliphatic rings. The third-order valence-electron chi connectivity index (χ3n) is 3.64. The Morgan fingerprint density at radius 1 is 1.38 bits per heavy atom. The standard InChI is InChI=1S/C16H21NO3S/c1-11-5-3-4-6-14(11)21-10-15(18)17(13-7-8-13)9-12(2)16(19)20/h3-6,12-13H,7-10H2,1-2H3,(H,19,20). The fraction of sp³-hybridized carbons (Fsp3) is 0.500. The van der Waals surface area contributed by atoms with E-state index in [1.54, 1.807) is 11.8 Å². The molecule has 1 fully saturated rings. The van der Waals surface area contributed by atoms with Gasteiger partial charge in [-0.15, -0.1) is 11.8 Å². The second-order valence-corrected chi connectivity index (χ2v) is 6.59. The maximum atomic E-state index is 12.4. The van der Waals surface area contributed by atoms with Gasteiger partial charge in [0.2, 0.25) is 5.91 Å². The van der Waals surface area contributed by atoms with Gasteiger partial charge in [-0.25, -0.2) is 0 Å². The zero-order chi connectivity index (χ0) is 15.4. The Hall–Kier alpha value is -1.49. The van der Waals surface area contributed by atoms with Crippen LogP contribution in [0.4, 0.5) is 0 Å². The first-order valence-electron chi connectivity index (χ1n) is 7.19. The molecule has 0 aromatic heterocycles. The normalized spacial score (nSPS) is 15.5. The van der Waals surface area contributed by atoms with Crippen molar-refractivity contribution in [3.8, 4) is 0 Å². The number of thioether (sulfide) groups is 1. The second-order valence-electron chi connectivity index (χ2n) is 5.57. The second kappa shape index (κ2) is 6.98. The molecule has 4 nitrogen and oxygen atoms in total. The number of aryl methyl sites for hydroxylation is 1. The van der Waals surface area contributed by atoms with Gasteiger partial charge in [0, 0.05) is 17.5 Å². The van der Waals surface area contributed by atoms with Crippen molar-refractivity contribution in [2.24, 2.45) is 5.92 Å². The molecule has 5 heteroatoms. The Bertz CT molecular complexity index is 528. The number of hydrogen-bond donors (Lipinski definition) is 1. The quantitative estimate of drug-likeness (QED) is 0.787. The monoisotopic (exact) mass is 307 g/mol. The number of carbonyl (C=O) groups excluding carboxylic acids is 1. The van der Waals surface area contributed by atoms with E-state index in [1.165, 1.54) is 11.8 Å². The van der Waals surface area contributed by atoms with Crippen molar-refractivity contribution in [1.29, 1.82) is 0 Å². The minimum absolute atomic E-state index is 0.0406. The van der Waals surface area contributed by atoms with Gasteiger partial charge in [0.1, 0.15) is 0 Å². The molecular weight excluding hydrogens is 286 g/mol. The first kappa shape index (κ1) is 15.9. The van der Waals surface area contributed by atoms with Gasteiger partial charge >= 0.3 is 5.97 Å². The van der Waals surface area contributed by atoms with E-state index in [-0.39, 0.29) is 11.9 Å². The number of hydrogen-bond acceptors (Lipinski definition) is 3. The van der Waals surface area contributed by atoms with Crippen molar-refractivity contribution in [2.75, 3.05) is 12.3 Å². The van der Waals surface area contributed by atoms with Gasteiger partial charge in [-0.3, -0.25) is 9.59 Å². The average Bonchev–Trinajstić information content (AvgIpc) is 3.27. The zero-order valence-electron chi connectivity index (χ0n) is 12.4. The topological polar surface area (TPSA) is 57.6 Å². The lowest BCUT2D eigenvalue weighted by atomic mass is 10.1. The van der Waals surface area contributed by atoms with Crippen LogP contribution in [0.1, 0.15) is 25.3 Å². The number of amides is 1. The van der Waals surface area contributed by atoms with Crippen LogP contribution in [0.25, 0.3) is 0 Å². The summed E-state index contributed by atoms with van der Waals surface area (Å²) in [6.07, 6.45) is 1.99. The summed E-state index contributed by atoms with van der Waals surface area (Å²) in [4.78, 5) is 26.2. The van der Waals surface area contributed by atoms with E-state index in [2.05, 4.69) is 0 Å². The lowest BCUT2D eigenvalue weighted by Gasteiger charge is -2.24. The maximum absolute atomic E-state index is 12.4. The van der Waals surface area contributed by atoms with Gasteiger partial charge < -0.3 is 10.0 Å². The predicted molar refractivity (Wildman–Crippen MR) is 83.4 cm³/mol. The molecule has 0 heterocycles. The van der Waals surface area contributed by atoms with Gasteiger partial charge in [-0.05, 0) is 31.4 Å². The molecule has 1 aromatic rings. The summed E-state index contributed by atoms with van der Waals surface area (Å²) >= 11 is 1.53. The molecular formula is C16H21NO3S. The fourth-order valence-electron chi connectivity index (χ4n) is 2.15. The van der Waals surface area contributed by atoms with Gasteiger partial charge in [-0.1, -0.05) is 25.1 Å². The summed E-state index contributed by atoms with van der Waals surface area (Å²) in [6.45, 7) is 3.99. The molecule has 2 rings (SSSR count). The minimum atomic E-state index is -0.847. The maximum Gasteiger partial charge on any atom is 0.308 e. The molecule has 1 atom stereocenters. The molecule has 1 saturated carbocycles. The smallest absolute Gasteiger partial charge is 0.308 e. The van der Waals surface area contributed by atoms with Gasteiger partial charge in [0.15, 0.2) is 0 Å². The van der Waals surface area contributed by atoms with Crippen molar-refractivity contribution >= 4 is 23.6 Å². The summed E-state index contributed by atoms with van der Waals surface area (Å²) in [5, 5.41) is 9.02. The van der Waals surface area contributed by atoms with Gasteiger partial charge in [0.25, 0.3) is 0 Å². The Balaban J connectivity index is 1.93. The highest BCUT2D eigenvalue weighted by atomic mass is 32.2. The molecule has 1 aliphatic carbocycles. The van der Waals surface area contributed by atoms with Gasteiger partial charge in [0.05, 0.1) is 11.7 Å². The number of benzene rings is 1. The number of carboxylic acids is 1. The van der Waals surface area contributed by atoms with E-state index in [0.717, 1.165) is 23.3 Å². The van der Waals surface area contributed by atoms with Crippen LogP contribution in [0.15, 0.2) is 29.2 Å². The highest BCUT2D eigenvalue weighted by Gasteiger charge is 2.34. The number of rotatable bonds is 7. The summed E-state index contributed by atoms with van der Waals surface area (Å²) in [6, 6.07) is 8.22. The van der Waals surface area contributed by atoms with E-state index in [0.29, 0.717) is 12.3 Å². The van der Waals surface area contributed by atoms with E-state index in [9.17, 15) is 9.59 Å². The van der Waals surface area contributed by atoms with Crippen molar-refractivity contribution < 1.29 is 14.7 Å². The third kappa shape index (κ3) is 4.49. The lowest BCUT2D eigenvalue weighted by molar-refractivity contribution is -0.142. The van der Waals surface area contributed by atoms with Crippen LogP contribution >= 0.6 is 11.8 Å². The third-order valence-corrected chi connectivity index (χ3v) is 4.81. The Morgan fingerprint density at radius 2 is 2.05 bits per heavy atom. The van der Waals surface area contributed by atoms with E-state index in [1.807, 2.05) is 31.2 Å².